The fourth-order valence-corrected chi connectivity index (χ4v) is 1.67. The molecular weight excluding hydrogens is 268 g/mol. The largest absolute Gasteiger partial charge is 0.273 e. The van der Waals surface area contributed by atoms with Crippen LogP contribution in [0.5, 0.6) is 0 Å². The van der Waals surface area contributed by atoms with Gasteiger partial charge in [-0.15, -0.1) is 0 Å². The molecule has 6 heteroatoms. The van der Waals surface area contributed by atoms with Crippen molar-refractivity contribution in [2.75, 3.05) is 0 Å². The van der Waals surface area contributed by atoms with Gasteiger partial charge in [0.2, 0.25) is 11.8 Å². The molecule has 2 amide bonds. The minimum absolute atomic E-state index is 0.163. The predicted molar refractivity (Wildman–Crippen MR) is 86.2 cm³/mol. The first kappa shape index (κ1) is 19.3. The summed E-state index contributed by atoms with van der Waals surface area (Å²) in [5.74, 6) is -0.326. The number of hydrogen-bond acceptors (Lipinski definition) is 4. The molecule has 2 N–H and O–H groups in total. The number of carbonyl (C=O) groups is 2. The Morgan fingerprint density at radius 1 is 0.762 bits per heavy atom. The molecule has 0 rings (SSSR count). The van der Waals surface area contributed by atoms with Gasteiger partial charge in [-0.05, 0) is 33.1 Å². The van der Waals surface area contributed by atoms with Crippen LogP contribution in [0.3, 0.4) is 0 Å². The van der Waals surface area contributed by atoms with Crippen LogP contribution < -0.4 is 10.9 Å². The van der Waals surface area contributed by atoms with E-state index in [9.17, 15) is 9.59 Å². The number of nitrogens with one attached hydrogen (secondary N) is 2. The number of hydrogen-bond donors (Lipinski definition) is 2. The van der Waals surface area contributed by atoms with Crippen molar-refractivity contribution in [3.8, 4) is 0 Å². The van der Waals surface area contributed by atoms with E-state index >= 15 is 0 Å². The van der Waals surface area contributed by atoms with Crippen LogP contribution in [0.1, 0.15) is 72.6 Å². The third-order valence-electron chi connectivity index (χ3n) is 2.77. The standard InChI is InChI=1S/C15H28N4O2/c1-5-8-12(3)16-18-14(20)10-7-11-15(21)19-17-13(4)9-6-2/h5-11H2,1-4H3,(H,18,20)(H,19,21). The number of hydrazone groups is 2. The lowest BCUT2D eigenvalue weighted by molar-refractivity contribution is -0.122. The third-order valence-corrected chi connectivity index (χ3v) is 2.77. The van der Waals surface area contributed by atoms with Crippen LogP contribution in [0, 0.1) is 0 Å². The van der Waals surface area contributed by atoms with E-state index in [0.29, 0.717) is 6.42 Å². The van der Waals surface area contributed by atoms with Gasteiger partial charge in [0.15, 0.2) is 0 Å². The normalized spacial score (nSPS) is 12.2. The zero-order chi connectivity index (χ0) is 16.1. The van der Waals surface area contributed by atoms with E-state index in [2.05, 4.69) is 34.9 Å². The molecule has 0 fully saturated rings. The first-order chi connectivity index (χ1) is 9.99. The van der Waals surface area contributed by atoms with Crippen LogP contribution in [0.15, 0.2) is 10.2 Å². The van der Waals surface area contributed by atoms with Crippen molar-refractivity contribution in [1.82, 2.24) is 10.9 Å². The van der Waals surface area contributed by atoms with Gasteiger partial charge in [-0.1, -0.05) is 26.7 Å². The Hall–Kier alpha value is -1.72. The van der Waals surface area contributed by atoms with Crippen molar-refractivity contribution in [3.05, 3.63) is 0 Å². The molecule has 0 bridgehead atoms. The van der Waals surface area contributed by atoms with Crippen LogP contribution in [0.25, 0.3) is 0 Å². The summed E-state index contributed by atoms with van der Waals surface area (Å²) in [5.41, 5.74) is 6.81. The van der Waals surface area contributed by atoms with Crippen LogP contribution in [0.2, 0.25) is 0 Å². The van der Waals surface area contributed by atoms with E-state index in [1.165, 1.54) is 0 Å². The third kappa shape index (κ3) is 11.8. The SMILES string of the molecule is CCCC(C)=NNC(=O)CCCC(=O)NN=C(C)CCC. The molecular formula is C15H28N4O2. The smallest absolute Gasteiger partial charge is 0.240 e. The minimum atomic E-state index is -0.163. The second kappa shape index (κ2) is 12.1. The summed E-state index contributed by atoms with van der Waals surface area (Å²) in [5, 5.41) is 7.97. The van der Waals surface area contributed by atoms with Gasteiger partial charge in [-0.2, -0.15) is 10.2 Å². The zero-order valence-electron chi connectivity index (χ0n) is 13.7. The lowest BCUT2D eigenvalue weighted by atomic mass is 10.2. The second-order valence-corrected chi connectivity index (χ2v) is 5.12. The fourth-order valence-electron chi connectivity index (χ4n) is 1.67. The van der Waals surface area contributed by atoms with E-state index in [1.54, 1.807) is 0 Å². The number of carbonyl (C=O) groups excluding carboxylic acids is 2. The van der Waals surface area contributed by atoms with E-state index in [1.807, 2.05) is 13.8 Å². The Labute approximate surface area is 127 Å². The van der Waals surface area contributed by atoms with Gasteiger partial charge in [0.1, 0.15) is 0 Å². The average molecular weight is 296 g/mol. The maximum absolute atomic E-state index is 11.5. The Morgan fingerprint density at radius 2 is 1.14 bits per heavy atom. The van der Waals surface area contributed by atoms with Gasteiger partial charge in [-0.25, -0.2) is 10.9 Å². The molecule has 0 radical (unpaired) electrons. The van der Waals surface area contributed by atoms with Crippen LogP contribution in [-0.4, -0.2) is 23.2 Å². The molecule has 0 saturated heterocycles. The molecule has 6 nitrogen and oxygen atoms in total. The molecule has 0 spiro atoms. The quantitative estimate of drug-likeness (QED) is 0.480. The predicted octanol–water partition coefficient (Wildman–Crippen LogP) is 2.74. The lowest BCUT2D eigenvalue weighted by Crippen LogP contribution is -2.21. The van der Waals surface area contributed by atoms with Crippen molar-refractivity contribution in [3.63, 3.8) is 0 Å². The van der Waals surface area contributed by atoms with Crippen molar-refractivity contribution in [2.45, 2.75) is 72.6 Å². The van der Waals surface area contributed by atoms with Crippen LogP contribution in [-0.2, 0) is 9.59 Å². The summed E-state index contributed by atoms with van der Waals surface area (Å²) in [6.45, 7) is 7.88. The summed E-state index contributed by atoms with van der Waals surface area (Å²) in [4.78, 5) is 23.0. The molecule has 0 unspecified atom stereocenters. The van der Waals surface area contributed by atoms with E-state index in [4.69, 9.17) is 0 Å². The van der Waals surface area contributed by atoms with Crippen molar-refractivity contribution < 1.29 is 9.59 Å². The molecule has 0 aliphatic rings. The fraction of sp³-hybridized carbons (Fsp3) is 0.733. The molecule has 0 aliphatic carbocycles. The topological polar surface area (TPSA) is 82.9 Å². The van der Waals surface area contributed by atoms with E-state index in [0.717, 1.165) is 37.1 Å². The van der Waals surface area contributed by atoms with E-state index in [-0.39, 0.29) is 24.7 Å². The summed E-state index contributed by atoms with van der Waals surface area (Å²) < 4.78 is 0. The first-order valence-electron chi connectivity index (χ1n) is 7.63. The Morgan fingerprint density at radius 3 is 1.48 bits per heavy atom. The molecule has 21 heavy (non-hydrogen) atoms. The van der Waals surface area contributed by atoms with E-state index < -0.39 is 0 Å². The number of amides is 2. The lowest BCUT2D eigenvalue weighted by Gasteiger charge is -2.03. The van der Waals surface area contributed by atoms with Crippen LogP contribution in [0.4, 0.5) is 0 Å². The van der Waals surface area contributed by atoms with Crippen molar-refractivity contribution in [1.29, 1.82) is 0 Å². The number of nitrogens with zero attached hydrogens (tertiary/aromatic N) is 2. The molecule has 120 valence electrons. The molecule has 0 heterocycles. The highest BCUT2D eigenvalue weighted by Gasteiger charge is 2.04. The molecule has 0 atom stereocenters. The average Bonchev–Trinajstić information content (AvgIpc) is 2.43. The Balaban J connectivity index is 3.83. The summed E-state index contributed by atoms with van der Waals surface area (Å²) in [6, 6.07) is 0. The Bertz CT molecular complexity index is 353. The van der Waals surface area contributed by atoms with Gasteiger partial charge in [0, 0.05) is 24.3 Å². The van der Waals surface area contributed by atoms with Gasteiger partial charge in [-0.3, -0.25) is 9.59 Å². The van der Waals surface area contributed by atoms with Gasteiger partial charge < -0.3 is 0 Å². The highest BCUT2D eigenvalue weighted by molar-refractivity contribution is 5.85. The molecule has 0 aromatic heterocycles. The first-order valence-corrected chi connectivity index (χ1v) is 7.63. The monoisotopic (exact) mass is 296 g/mol. The molecule has 0 aromatic carbocycles. The van der Waals surface area contributed by atoms with Crippen molar-refractivity contribution in [2.24, 2.45) is 10.2 Å². The summed E-state index contributed by atoms with van der Waals surface area (Å²) >= 11 is 0. The van der Waals surface area contributed by atoms with Crippen molar-refractivity contribution >= 4 is 23.2 Å². The van der Waals surface area contributed by atoms with Gasteiger partial charge >= 0.3 is 0 Å². The van der Waals surface area contributed by atoms with Gasteiger partial charge in [0.25, 0.3) is 0 Å². The Kier molecular flexibility index (Phi) is 11.1. The number of rotatable bonds is 10. The molecule has 0 aromatic rings. The molecule has 0 aliphatic heterocycles. The highest BCUT2D eigenvalue weighted by atomic mass is 16.2. The molecule has 0 saturated carbocycles. The maximum Gasteiger partial charge on any atom is 0.240 e. The van der Waals surface area contributed by atoms with Crippen LogP contribution >= 0.6 is 0 Å². The minimum Gasteiger partial charge on any atom is -0.273 e. The highest BCUT2D eigenvalue weighted by Crippen LogP contribution is 1.97. The summed E-state index contributed by atoms with van der Waals surface area (Å²) in [6.07, 6.45) is 4.81. The second-order valence-electron chi connectivity index (χ2n) is 5.12. The zero-order valence-corrected chi connectivity index (χ0v) is 13.7. The van der Waals surface area contributed by atoms with Gasteiger partial charge in [0.05, 0.1) is 0 Å². The summed E-state index contributed by atoms with van der Waals surface area (Å²) in [7, 11) is 0. The maximum atomic E-state index is 11.5.